The monoisotopic (exact) mass is 300 g/mol. The normalized spacial score (nSPS) is 10.4. The van der Waals surface area contributed by atoms with Gasteiger partial charge in [-0.05, 0) is 24.3 Å². The van der Waals surface area contributed by atoms with Crippen molar-refractivity contribution in [1.29, 1.82) is 0 Å². The average molecular weight is 300 g/mol. The predicted molar refractivity (Wildman–Crippen MR) is 77.4 cm³/mol. The average Bonchev–Trinajstić information content (AvgIpc) is 2.38. The zero-order valence-electron chi connectivity index (χ0n) is 10.3. The summed E-state index contributed by atoms with van der Waals surface area (Å²) in [7, 11) is -2.90. The molecule has 1 rings (SSSR count). The number of aromatic carboxylic acids is 1. The van der Waals surface area contributed by atoms with Crippen LogP contribution in [0.1, 0.15) is 34.6 Å². The van der Waals surface area contributed by atoms with Gasteiger partial charge in [0.05, 0.1) is 11.1 Å². The number of carbonyl (C=O) groups excluding carboxylic acids is 1. The van der Waals surface area contributed by atoms with Gasteiger partial charge in [-0.1, -0.05) is 13.8 Å². The fraction of sp³-hybridized carbons (Fsp3) is 0.333. The lowest BCUT2D eigenvalue weighted by Gasteiger charge is -2.14. The maximum atomic E-state index is 12.0. The molecule has 0 heterocycles. The van der Waals surface area contributed by atoms with Crippen LogP contribution in [0.2, 0.25) is 0 Å². The topological polar surface area (TPSA) is 80.7 Å². The molecule has 7 heteroatoms. The summed E-state index contributed by atoms with van der Waals surface area (Å²) in [5.41, 5.74) is 0.280. The van der Waals surface area contributed by atoms with Gasteiger partial charge in [-0.3, -0.25) is 4.57 Å². The quantitative estimate of drug-likeness (QED) is 0.661. The summed E-state index contributed by atoms with van der Waals surface area (Å²) in [6.45, 7) is 3.40. The zero-order chi connectivity index (χ0) is 13.8. The number of hydrogen-bond acceptors (Lipinski definition) is 4. The largest absolute Gasteiger partial charge is 0.478 e. The van der Waals surface area contributed by atoms with E-state index in [9.17, 15) is 14.2 Å². The van der Waals surface area contributed by atoms with Gasteiger partial charge in [0.25, 0.3) is 7.37 Å². The molecule has 0 aliphatic rings. The third kappa shape index (κ3) is 4.83. The van der Waals surface area contributed by atoms with Crippen LogP contribution in [-0.4, -0.2) is 46.7 Å². The molecule has 1 aromatic rings. The number of benzene rings is 1. The van der Waals surface area contributed by atoms with Crippen LogP contribution in [0, 0.1) is 0 Å². The first-order valence-corrected chi connectivity index (χ1v) is 7.56. The van der Waals surface area contributed by atoms with Crippen LogP contribution in [0.15, 0.2) is 24.3 Å². The van der Waals surface area contributed by atoms with Gasteiger partial charge >= 0.3 is 11.9 Å². The smallest absolute Gasteiger partial charge is 0.343 e. The van der Waals surface area contributed by atoms with Crippen molar-refractivity contribution in [2.24, 2.45) is 0 Å². The van der Waals surface area contributed by atoms with Crippen LogP contribution in [0.4, 0.5) is 0 Å². The Morgan fingerprint density at radius 3 is 1.89 bits per heavy atom. The minimum Gasteiger partial charge on any atom is -0.478 e. The molecule has 19 heavy (non-hydrogen) atoms. The molecule has 0 radical (unpaired) electrons. The van der Waals surface area contributed by atoms with Crippen LogP contribution in [0.25, 0.3) is 0 Å². The second-order valence-corrected chi connectivity index (χ2v) is 6.78. The first-order valence-electron chi connectivity index (χ1n) is 5.57. The third-order valence-electron chi connectivity index (χ3n) is 2.58. The van der Waals surface area contributed by atoms with E-state index in [1.807, 2.05) is 0 Å². The highest BCUT2D eigenvalue weighted by Crippen LogP contribution is 2.46. The van der Waals surface area contributed by atoms with Crippen molar-refractivity contribution in [3.05, 3.63) is 35.4 Å². The molecule has 0 bridgehead atoms. The van der Waals surface area contributed by atoms with Gasteiger partial charge in [0, 0.05) is 12.3 Å². The van der Waals surface area contributed by atoms with Crippen LogP contribution in [0.5, 0.6) is 0 Å². The summed E-state index contributed by atoms with van der Waals surface area (Å²) in [6, 6.07) is 5.31. The Labute approximate surface area is 122 Å². The molecule has 0 saturated heterocycles. The second-order valence-electron chi connectivity index (χ2n) is 3.71. The highest BCUT2D eigenvalue weighted by Gasteiger charge is 2.23. The minimum atomic E-state index is -2.90. The Morgan fingerprint density at radius 2 is 1.53 bits per heavy atom. The van der Waals surface area contributed by atoms with E-state index in [-0.39, 0.29) is 28.5 Å². The lowest BCUT2D eigenvalue weighted by molar-refractivity contribution is 0.0692. The number of hydrogen-bond donors (Lipinski definition) is 1. The van der Waals surface area contributed by atoms with Gasteiger partial charge in [-0.15, -0.1) is 0 Å². The van der Waals surface area contributed by atoms with Crippen molar-refractivity contribution in [1.82, 2.24) is 0 Å². The first kappa shape index (κ1) is 17.9. The number of carboxylic acid groups (broad SMARTS) is 1. The summed E-state index contributed by atoms with van der Waals surface area (Å²) >= 11 is 0. The summed E-state index contributed by atoms with van der Waals surface area (Å²) in [6.07, 6.45) is 0.588. The molecule has 0 saturated carbocycles. The number of rotatable bonds is 5. The molecule has 0 aliphatic carbocycles. The van der Waals surface area contributed by atoms with E-state index in [0.717, 1.165) is 0 Å². The van der Waals surface area contributed by atoms with E-state index in [1.165, 1.54) is 24.3 Å². The maximum Gasteiger partial charge on any atom is 0.343 e. The van der Waals surface area contributed by atoms with Crippen molar-refractivity contribution in [3.63, 3.8) is 0 Å². The highest BCUT2D eigenvalue weighted by molar-refractivity contribution is 7.59. The van der Waals surface area contributed by atoms with Gasteiger partial charge in [-0.25, -0.2) is 9.59 Å². The number of carboxylic acids is 1. The lowest BCUT2D eigenvalue weighted by atomic mass is 10.1. The summed E-state index contributed by atoms with van der Waals surface area (Å²) in [5.74, 6) is -1.75. The van der Waals surface area contributed by atoms with Crippen molar-refractivity contribution < 1.29 is 23.8 Å². The van der Waals surface area contributed by atoms with E-state index in [2.05, 4.69) is 0 Å². The number of carbonyl (C=O) groups is 2. The Kier molecular flexibility index (Phi) is 7.07. The molecule has 0 fully saturated rings. The lowest BCUT2D eigenvalue weighted by Crippen LogP contribution is -2.06. The van der Waals surface area contributed by atoms with E-state index >= 15 is 0 Å². The summed E-state index contributed by atoms with van der Waals surface area (Å²) in [4.78, 5) is 22.4. The second kappa shape index (κ2) is 7.50. The van der Waals surface area contributed by atoms with E-state index in [1.54, 1.807) is 13.8 Å². The van der Waals surface area contributed by atoms with Crippen LogP contribution in [0.3, 0.4) is 0 Å². The van der Waals surface area contributed by atoms with E-state index < -0.39 is 19.3 Å². The molecule has 0 aromatic heterocycles. The van der Waals surface area contributed by atoms with Crippen LogP contribution in [-0.2, 0) is 9.09 Å². The SMILES string of the molecule is CCP(=O)(CC)OC(=O)c1ccc(C(=O)O)cc1.[AlH3]. The van der Waals surface area contributed by atoms with Gasteiger partial charge < -0.3 is 9.63 Å². The molecule has 0 unspecified atom stereocenters. The van der Waals surface area contributed by atoms with Crippen molar-refractivity contribution in [2.75, 3.05) is 12.3 Å². The minimum absolute atomic E-state index is 0. The van der Waals surface area contributed by atoms with Gasteiger partial charge in [0.2, 0.25) is 0 Å². The highest BCUT2D eigenvalue weighted by atomic mass is 31.2. The molecule has 0 spiro atoms. The fourth-order valence-electron chi connectivity index (χ4n) is 1.31. The fourth-order valence-corrected chi connectivity index (χ4v) is 2.42. The van der Waals surface area contributed by atoms with Gasteiger partial charge in [0.1, 0.15) is 0 Å². The molecule has 0 atom stereocenters. The van der Waals surface area contributed by atoms with Crippen molar-refractivity contribution in [3.8, 4) is 0 Å². The predicted octanol–water partition coefficient (Wildman–Crippen LogP) is 1.68. The van der Waals surface area contributed by atoms with Crippen molar-refractivity contribution >= 4 is 36.7 Å². The molecular formula is C12H18AlO5P. The van der Waals surface area contributed by atoms with E-state index in [4.69, 9.17) is 9.63 Å². The Hall–Kier alpha value is -1.08. The summed E-state index contributed by atoms with van der Waals surface area (Å²) < 4.78 is 17.0. The molecule has 104 valence electrons. The Bertz CT molecular complexity index is 489. The first-order chi connectivity index (χ1) is 8.41. The Balaban J connectivity index is 0.00000324. The van der Waals surface area contributed by atoms with Crippen LogP contribution < -0.4 is 0 Å². The molecular weight excluding hydrogens is 282 g/mol. The zero-order valence-corrected chi connectivity index (χ0v) is 11.1. The Morgan fingerprint density at radius 1 is 1.11 bits per heavy atom. The van der Waals surface area contributed by atoms with E-state index in [0.29, 0.717) is 12.3 Å². The molecule has 1 aromatic carbocycles. The molecule has 1 N–H and O–H groups in total. The standard InChI is InChI=1S/C12H15O5P.Al.3H/c1-3-18(16,4-2)17-12(15)10-7-5-9(6-8-10)11(13)14;;;;/h5-8H,3-4H2,1-2H3,(H,13,14);;;;. The maximum absolute atomic E-state index is 12.0. The molecule has 5 nitrogen and oxygen atoms in total. The third-order valence-corrected chi connectivity index (χ3v) is 5.01. The summed E-state index contributed by atoms with van der Waals surface area (Å²) in [5, 5.41) is 8.72. The van der Waals surface area contributed by atoms with Gasteiger partial charge in [-0.2, -0.15) is 0 Å². The molecule has 0 aliphatic heterocycles. The van der Waals surface area contributed by atoms with Crippen molar-refractivity contribution in [2.45, 2.75) is 13.8 Å². The van der Waals surface area contributed by atoms with Crippen LogP contribution >= 0.6 is 7.37 Å². The molecule has 0 amide bonds. The van der Waals surface area contributed by atoms with Gasteiger partial charge in [0.15, 0.2) is 17.4 Å².